The fourth-order valence-electron chi connectivity index (χ4n) is 1.22. The lowest BCUT2D eigenvalue weighted by molar-refractivity contribution is -0.138. The molecule has 0 aromatic heterocycles. The molecular formula is C11H20N6O6. The first kappa shape index (κ1) is 20.9. The van der Waals surface area contributed by atoms with Gasteiger partial charge in [0.1, 0.15) is 6.17 Å². The van der Waals surface area contributed by atoms with Crippen LogP contribution < -0.4 is 0 Å². The molecular weight excluding hydrogens is 312 g/mol. The lowest BCUT2D eigenvalue weighted by Gasteiger charge is -2.08. The summed E-state index contributed by atoms with van der Waals surface area (Å²) >= 11 is 0. The van der Waals surface area contributed by atoms with Gasteiger partial charge in [0.25, 0.3) is 0 Å². The number of hydrogen-bond acceptors (Lipinski definition) is 7. The first-order chi connectivity index (χ1) is 11.2. The van der Waals surface area contributed by atoms with Crippen LogP contribution in [0, 0.1) is 0 Å². The van der Waals surface area contributed by atoms with Gasteiger partial charge in [-0.3, -0.25) is 4.79 Å². The summed E-state index contributed by atoms with van der Waals surface area (Å²) in [6.07, 6.45) is -0.932. The van der Waals surface area contributed by atoms with Crippen molar-refractivity contribution in [3.63, 3.8) is 0 Å². The van der Waals surface area contributed by atoms with Crippen molar-refractivity contribution in [2.45, 2.75) is 12.6 Å². The van der Waals surface area contributed by atoms with Gasteiger partial charge in [-0.1, -0.05) is 10.2 Å². The highest BCUT2D eigenvalue weighted by atomic mass is 16.6. The van der Waals surface area contributed by atoms with Crippen LogP contribution in [0.4, 0.5) is 0 Å². The molecule has 0 rings (SSSR count). The second-order valence-electron chi connectivity index (χ2n) is 3.95. The van der Waals surface area contributed by atoms with E-state index >= 15 is 0 Å². The zero-order chi connectivity index (χ0) is 17.2. The minimum atomic E-state index is -0.908. The second-order valence-corrected chi connectivity index (χ2v) is 3.95. The molecule has 0 aromatic rings. The normalized spacial score (nSPS) is 11.3. The fraction of sp³-hybridized carbons (Fsp3) is 0.909. The van der Waals surface area contributed by atoms with E-state index < -0.39 is 12.1 Å². The minimum Gasteiger partial charge on any atom is -0.481 e. The number of rotatable bonds is 16. The first-order valence-corrected chi connectivity index (χ1v) is 6.82. The molecule has 0 bridgehead atoms. The molecule has 0 fully saturated rings. The van der Waals surface area contributed by atoms with Crippen LogP contribution in [-0.2, 0) is 23.7 Å². The summed E-state index contributed by atoms with van der Waals surface area (Å²) in [7, 11) is 0. The van der Waals surface area contributed by atoms with Gasteiger partial charge in [0.2, 0.25) is 0 Å². The number of carbonyl (C=O) groups is 1. The molecule has 0 saturated carbocycles. The summed E-state index contributed by atoms with van der Waals surface area (Å²) in [5.74, 6) is -0.897. The average molecular weight is 332 g/mol. The van der Waals surface area contributed by atoms with Crippen LogP contribution in [0.2, 0.25) is 0 Å². The van der Waals surface area contributed by atoms with Crippen molar-refractivity contribution in [3.8, 4) is 0 Å². The van der Waals surface area contributed by atoms with Crippen molar-refractivity contribution in [1.29, 1.82) is 0 Å². The SMILES string of the molecule is [N-]=[N+]=NC(COCCOCCOCCOCCC(=O)O)N=[N+]=[N-]. The largest absolute Gasteiger partial charge is 0.481 e. The molecule has 0 aliphatic rings. The van der Waals surface area contributed by atoms with E-state index in [1.165, 1.54) is 0 Å². The molecule has 0 aliphatic heterocycles. The third-order valence-corrected chi connectivity index (χ3v) is 2.21. The van der Waals surface area contributed by atoms with Crippen molar-refractivity contribution in [3.05, 3.63) is 20.9 Å². The van der Waals surface area contributed by atoms with Gasteiger partial charge >= 0.3 is 5.97 Å². The summed E-state index contributed by atoms with van der Waals surface area (Å²) in [5, 5.41) is 14.9. The first-order valence-electron chi connectivity index (χ1n) is 6.82. The maximum absolute atomic E-state index is 10.2. The highest BCUT2D eigenvalue weighted by molar-refractivity contribution is 5.66. The van der Waals surface area contributed by atoms with Gasteiger partial charge in [0.05, 0.1) is 59.3 Å². The van der Waals surface area contributed by atoms with E-state index in [4.69, 9.17) is 35.1 Å². The predicted octanol–water partition coefficient (Wildman–Crippen LogP) is 1.47. The van der Waals surface area contributed by atoms with Crippen molar-refractivity contribution in [2.75, 3.05) is 52.9 Å². The van der Waals surface area contributed by atoms with E-state index in [0.717, 1.165) is 0 Å². The molecule has 1 N–H and O–H groups in total. The Bertz CT molecular complexity index is 392. The third-order valence-electron chi connectivity index (χ3n) is 2.21. The smallest absolute Gasteiger partial charge is 0.305 e. The van der Waals surface area contributed by atoms with Crippen LogP contribution in [0.25, 0.3) is 20.9 Å². The van der Waals surface area contributed by atoms with Gasteiger partial charge < -0.3 is 24.1 Å². The summed E-state index contributed by atoms with van der Waals surface area (Å²) in [6.45, 7) is 2.17. The number of nitrogens with zero attached hydrogens (tertiary/aromatic N) is 6. The Hall–Kier alpha value is -2.07. The van der Waals surface area contributed by atoms with Crippen LogP contribution in [0.1, 0.15) is 6.42 Å². The molecule has 0 amide bonds. The maximum Gasteiger partial charge on any atom is 0.305 e. The summed E-state index contributed by atoms with van der Waals surface area (Å²) in [4.78, 5) is 15.3. The Kier molecular flexibility index (Phi) is 14.8. The number of carboxylic acid groups (broad SMARTS) is 1. The van der Waals surface area contributed by atoms with Crippen LogP contribution in [0.3, 0.4) is 0 Å². The van der Waals surface area contributed by atoms with E-state index in [1.807, 2.05) is 0 Å². The van der Waals surface area contributed by atoms with Gasteiger partial charge in [-0.2, -0.15) is 0 Å². The molecule has 0 saturated heterocycles. The van der Waals surface area contributed by atoms with Crippen LogP contribution in [0.5, 0.6) is 0 Å². The molecule has 0 atom stereocenters. The maximum atomic E-state index is 10.2. The van der Waals surface area contributed by atoms with Gasteiger partial charge in [-0.05, 0) is 11.1 Å². The van der Waals surface area contributed by atoms with Gasteiger partial charge in [-0.25, -0.2) is 0 Å². The predicted molar refractivity (Wildman–Crippen MR) is 77.6 cm³/mol. The fourth-order valence-corrected chi connectivity index (χ4v) is 1.22. The lowest BCUT2D eigenvalue weighted by atomic mass is 10.5. The molecule has 130 valence electrons. The summed E-state index contributed by atoms with van der Waals surface area (Å²) < 4.78 is 20.6. The molecule has 12 nitrogen and oxygen atoms in total. The summed E-state index contributed by atoms with van der Waals surface area (Å²) in [6, 6.07) is 0. The zero-order valence-corrected chi connectivity index (χ0v) is 12.6. The molecule has 23 heavy (non-hydrogen) atoms. The standard InChI is InChI=1S/C11H20N6O6/c12-16-14-10(15-17-13)9-23-8-7-22-6-5-21-4-3-20-2-1-11(18)19/h10H,1-9H2,(H,18,19). The van der Waals surface area contributed by atoms with E-state index in [2.05, 4.69) is 20.1 Å². The molecule has 0 spiro atoms. The Balaban J connectivity index is 3.28. The molecule has 0 aromatic carbocycles. The third kappa shape index (κ3) is 16.1. The minimum absolute atomic E-state index is 0.0122. The van der Waals surface area contributed by atoms with Gasteiger partial charge in [-0.15, -0.1) is 0 Å². The monoisotopic (exact) mass is 332 g/mol. The lowest BCUT2D eigenvalue weighted by Crippen LogP contribution is -2.15. The van der Waals surface area contributed by atoms with Gasteiger partial charge in [0, 0.05) is 9.82 Å². The number of ether oxygens (including phenoxy) is 4. The zero-order valence-electron chi connectivity index (χ0n) is 12.6. The highest BCUT2D eigenvalue weighted by Gasteiger charge is 2.02. The Morgan fingerprint density at radius 2 is 1.30 bits per heavy atom. The van der Waals surface area contributed by atoms with Crippen LogP contribution in [-0.4, -0.2) is 70.1 Å². The van der Waals surface area contributed by atoms with Crippen molar-refractivity contribution in [1.82, 2.24) is 0 Å². The average Bonchev–Trinajstić information content (AvgIpc) is 2.52. The van der Waals surface area contributed by atoms with E-state index in [-0.39, 0.29) is 26.2 Å². The number of aliphatic carboxylic acids is 1. The Labute approximate surface area is 132 Å². The topological polar surface area (TPSA) is 172 Å². The quantitative estimate of drug-likeness (QED) is 0.194. The Morgan fingerprint density at radius 3 is 1.74 bits per heavy atom. The van der Waals surface area contributed by atoms with Crippen molar-refractivity contribution in [2.24, 2.45) is 10.2 Å². The van der Waals surface area contributed by atoms with Crippen molar-refractivity contribution >= 4 is 5.97 Å². The highest BCUT2D eigenvalue weighted by Crippen LogP contribution is 1.96. The second kappa shape index (κ2) is 16.3. The van der Waals surface area contributed by atoms with Crippen molar-refractivity contribution < 1.29 is 28.8 Å². The molecule has 0 unspecified atom stereocenters. The number of carboxylic acids is 1. The number of hydrogen-bond donors (Lipinski definition) is 1. The van der Waals surface area contributed by atoms with Crippen LogP contribution >= 0.6 is 0 Å². The molecule has 12 heteroatoms. The Morgan fingerprint density at radius 1 is 0.870 bits per heavy atom. The molecule has 0 radical (unpaired) electrons. The van der Waals surface area contributed by atoms with E-state index in [9.17, 15) is 4.79 Å². The molecule has 0 aliphatic carbocycles. The summed E-state index contributed by atoms with van der Waals surface area (Å²) in [5.41, 5.74) is 16.4. The van der Waals surface area contributed by atoms with E-state index in [0.29, 0.717) is 33.0 Å². The van der Waals surface area contributed by atoms with Crippen LogP contribution in [0.15, 0.2) is 10.2 Å². The molecule has 0 heterocycles. The van der Waals surface area contributed by atoms with E-state index in [1.54, 1.807) is 0 Å². The van der Waals surface area contributed by atoms with Gasteiger partial charge in [0.15, 0.2) is 0 Å². The number of azide groups is 1.